The molecule has 0 N–H and O–H groups in total. The molecule has 0 aliphatic rings. The minimum absolute atomic E-state index is 0.0341. The van der Waals surface area contributed by atoms with Crippen LogP contribution in [0.2, 0.25) is 0 Å². The maximum Gasteiger partial charge on any atom is 0.198 e. The number of benzene rings is 3. The molecule has 0 unspecified atom stereocenters. The summed E-state index contributed by atoms with van der Waals surface area (Å²) < 4.78 is 61.3. The van der Waals surface area contributed by atoms with Crippen molar-refractivity contribution >= 4 is 29.0 Å². The van der Waals surface area contributed by atoms with E-state index in [-0.39, 0.29) is 10.6 Å². The SMILES string of the molecule is C=C(c1c(F)c(F)c(F)c(F)c1SN(c1ccc(CC)cc1CC)c1ccc(CC)cc1CC)N(C)C. The van der Waals surface area contributed by atoms with Crippen LogP contribution in [0.15, 0.2) is 47.9 Å². The van der Waals surface area contributed by atoms with Gasteiger partial charge in [0.15, 0.2) is 23.3 Å². The summed E-state index contributed by atoms with van der Waals surface area (Å²) in [4.78, 5) is 1.09. The summed E-state index contributed by atoms with van der Waals surface area (Å²) in [6.45, 7) is 12.0. The largest absolute Gasteiger partial charge is 0.378 e. The van der Waals surface area contributed by atoms with Gasteiger partial charge in [-0.1, -0.05) is 58.5 Å². The fourth-order valence-electron chi connectivity index (χ4n) is 4.18. The predicted molar refractivity (Wildman–Crippen MR) is 147 cm³/mol. The first-order valence-corrected chi connectivity index (χ1v) is 13.3. The van der Waals surface area contributed by atoms with E-state index < -0.39 is 28.8 Å². The molecular weight excluding hydrogens is 496 g/mol. The van der Waals surface area contributed by atoms with E-state index in [4.69, 9.17) is 0 Å². The number of hydrogen-bond acceptors (Lipinski definition) is 3. The minimum Gasteiger partial charge on any atom is -0.378 e. The molecule has 0 atom stereocenters. The first kappa shape index (κ1) is 28.6. The summed E-state index contributed by atoms with van der Waals surface area (Å²) in [6.07, 6.45) is 3.09. The van der Waals surface area contributed by atoms with Gasteiger partial charge in [-0.2, -0.15) is 0 Å². The third kappa shape index (κ3) is 5.66. The Morgan fingerprint density at radius 2 is 1.16 bits per heavy atom. The summed E-state index contributed by atoms with van der Waals surface area (Å²) in [5.74, 6) is -6.61. The maximum absolute atomic E-state index is 15.4. The van der Waals surface area contributed by atoms with Crippen LogP contribution in [0.4, 0.5) is 28.9 Å². The molecule has 0 radical (unpaired) electrons. The molecular formula is C30H34F4N2S. The molecule has 0 aromatic heterocycles. The highest BCUT2D eigenvalue weighted by Gasteiger charge is 2.30. The van der Waals surface area contributed by atoms with Gasteiger partial charge in [-0.3, -0.25) is 4.31 Å². The van der Waals surface area contributed by atoms with E-state index >= 15 is 8.78 Å². The molecule has 37 heavy (non-hydrogen) atoms. The quantitative estimate of drug-likeness (QED) is 0.112. The molecule has 0 spiro atoms. The Morgan fingerprint density at radius 1 is 0.703 bits per heavy atom. The lowest BCUT2D eigenvalue weighted by Gasteiger charge is -2.30. The van der Waals surface area contributed by atoms with Crippen LogP contribution in [0.3, 0.4) is 0 Å². The van der Waals surface area contributed by atoms with Crippen molar-refractivity contribution in [2.75, 3.05) is 18.4 Å². The van der Waals surface area contributed by atoms with Crippen molar-refractivity contribution in [1.82, 2.24) is 4.90 Å². The molecule has 0 amide bonds. The lowest BCUT2D eigenvalue weighted by molar-refractivity contribution is 0.394. The van der Waals surface area contributed by atoms with Gasteiger partial charge < -0.3 is 4.90 Å². The van der Waals surface area contributed by atoms with Crippen molar-refractivity contribution < 1.29 is 17.6 Å². The Bertz CT molecular complexity index is 1250. The van der Waals surface area contributed by atoms with Gasteiger partial charge in [0, 0.05) is 19.8 Å². The van der Waals surface area contributed by atoms with Crippen LogP contribution in [-0.4, -0.2) is 19.0 Å². The van der Waals surface area contributed by atoms with Crippen molar-refractivity contribution in [3.05, 3.63) is 94.1 Å². The molecule has 3 rings (SSSR count). The Labute approximate surface area is 222 Å². The van der Waals surface area contributed by atoms with Crippen molar-refractivity contribution in [2.24, 2.45) is 0 Å². The molecule has 3 aromatic carbocycles. The van der Waals surface area contributed by atoms with Gasteiger partial charge in [0.2, 0.25) is 0 Å². The van der Waals surface area contributed by atoms with Crippen molar-refractivity contribution in [2.45, 2.75) is 58.3 Å². The number of aryl methyl sites for hydroxylation is 4. The molecule has 0 aliphatic heterocycles. The molecule has 0 aliphatic carbocycles. The number of halogens is 4. The van der Waals surface area contributed by atoms with Crippen LogP contribution in [0.1, 0.15) is 55.5 Å². The monoisotopic (exact) mass is 530 g/mol. The Kier molecular flexibility index (Phi) is 9.35. The van der Waals surface area contributed by atoms with Crippen LogP contribution in [0, 0.1) is 23.3 Å². The van der Waals surface area contributed by atoms with Gasteiger partial charge in [-0.05, 0) is 72.0 Å². The van der Waals surface area contributed by atoms with E-state index in [0.717, 1.165) is 58.4 Å². The molecule has 7 heteroatoms. The fraction of sp³-hybridized carbons (Fsp3) is 0.333. The van der Waals surface area contributed by atoms with Gasteiger partial charge in [0.25, 0.3) is 0 Å². The van der Waals surface area contributed by atoms with E-state index in [1.54, 1.807) is 18.4 Å². The number of nitrogens with zero attached hydrogens (tertiary/aromatic N) is 2. The minimum atomic E-state index is -1.85. The van der Waals surface area contributed by atoms with Crippen molar-refractivity contribution in [1.29, 1.82) is 0 Å². The lowest BCUT2D eigenvalue weighted by atomic mass is 10.0. The standard InChI is InChI=1S/C30H34F4N2S/c1-8-19-12-14-23(21(10-3)16-19)36(24-15-13-20(9-2)17-22(24)11-4)37-30-25(18(5)35(6)7)26(31)27(32)28(33)29(30)34/h12-17H,5,8-11H2,1-4,6-7H3. The molecule has 3 aromatic rings. The van der Waals surface area contributed by atoms with Gasteiger partial charge in [-0.15, -0.1) is 0 Å². The number of anilines is 2. The van der Waals surface area contributed by atoms with Crippen LogP contribution in [0.25, 0.3) is 5.70 Å². The molecule has 0 heterocycles. The molecule has 0 saturated carbocycles. The highest BCUT2D eigenvalue weighted by molar-refractivity contribution is 8.01. The summed E-state index contributed by atoms with van der Waals surface area (Å²) in [5.41, 5.74) is 5.48. The lowest BCUT2D eigenvalue weighted by Crippen LogP contribution is -2.17. The maximum atomic E-state index is 15.4. The van der Waals surface area contributed by atoms with E-state index in [1.165, 1.54) is 4.90 Å². The van der Waals surface area contributed by atoms with E-state index in [0.29, 0.717) is 12.8 Å². The fourth-order valence-corrected chi connectivity index (χ4v) is 5.38. The molecule has 2 nitrogen and oxygen atoms in total. The zero-order valence-electron chi connectivity index (χ0n) is 22.3. The predicted octanol–water partition coefficient (Wildman–Crippen LogP) is 8.87. The summed E-state index contributed by atoms with van der Waals surface area (Å²) in [5, 5.41) is 0. The highest BCUT2D eigenvalue weighted by atomic mass is 32.2. The topological polar surface area (TPSA) is 6.48 Å². The molecule has 0 fully saturated rings. The smallest absolute Gasteiger partial charge is 0.198 e. The Hall–Kier alpha value is -2.93. The zero-order chi connectivity index (χ0) is 27.4. The third-order valence-electron chi connectivity index (χ3n) is 6.54. The average Bonchev–Trinajstić information content (AvgIpc) is 2.92. The van der Waals surface area contributed by atoms with Crippen molar-refractivity contribution in [3.8, 4) is 0 Å². The number of rotatable bonds is 10. The Balaban J connectivity index is 2.36. The second-order valence-corrected chi connectivity index (χ2v) is 9.98. The molecule has 198 valence electrons. The molecule has 0 saturated heterocycles. The molecule has 0 bridgehead atoms. The normalized spacial score (nSPS) is 11.1. The second kappa shape index (κ2) is 12.1. The first-order chi connectivity index (χ1) is 17.6. The summed E-state index contributed by atoms with van der Waals surface area (Å²) >= 11 is 0.841. The summed E-state index contributed by atoms with van der Waals surface area (Å²) in [6, 6.07) is 12.1. The van der Waals surface area contributed by atoms with Crippen LogP contribution in [0.5, 0.6) is 0 Å². The summed E-state index contributed by atoms with van der Waals surface area (Å²) in [7, 11) is 3.18. The van der Waals surface area contributed by atoms with E-state index in [9.17, 15) is 8.78 Å². The van der Waals surface area contributed by atoms with Gasteiger partial charge in [-0.25, -0.2) is 17.6 Å². The van der Waals surface area contributed by atoms with Gasteiger partial charge in [0.1, 0.15) is 0 Å². The van der Waals surface area contributed by atoms with E-state index in [1.807, 2.05) is 38.1 Å². The second-order valence-electron chi connectivity index (χ2n) is 9.03. The van der Waals surface area contributed by atoms with Crippen LogP contribution >= 0.6 is 11.9 Å². The highest BCUT2D eigenvalue weighted by Crippen LogP contribution is 2.45. The van der Waals surface area contributed by atoms with E-state index in [2.05, 4.69) is 32.6 Å². The number of hydrogen-bond donors (Lipinski definition) is 0. The third-order valence-corrected chi connectivity index (χ3v) is 7.68. The van der Waals surface area contributed by atoms with Gasteiger partial charge in [0.05, 0.1) is 21.8 Å². The van der Waals surface area contributed by atoms with Gasteiger partial charge >= 0.3 is 0 Å². The van der Waals surface area contributed by atoms with Crippen LogP contribution in [-0.2, 0) is 25.7 Å². The average molecular weight is 531 g/mol. The zero-order valence-corrected chi connectivity index (χ0v) is 23.1. The first-order valence-electron chi connectivity index (χ1n) is 12.5. The Morgan fingerprint density at radius 3 is 1.57 bits per heavy atom. The van der Waals surface area contributed by atoms with Crippen LogP contribution < -0.4 is 4.31 Å². The van der Waals surface area contributed by atoms with Crippen molar-refractivity contribution in [3.63, 3.8) is 0 Å².